The summed E-state index contributed by atoms with van der Waals surface area (Å²) in [6, 6.07) is 0.459. The summed E-state index contributed by atoms with van der Waals surface area (Å²) in [7, 11) is 0. The number of carbonyl (C=O) groups is 1. The fraction of sp³-hybridized carbons (Fsp3) is 0.750. The standard InChI is InChI=1S/C12H19NO3/c14-12(15)8-11-9-16-7-6-13(11)10-4-2-1-3-5-10/h2,4,10-11H,1,3,5-9H2,(H,14,15). The molecular formula is C12H19NO3. The number of carboxylic acids is 1. The minimum atomic E-state index is -0.736. The summed E-state index contributed by atoms with van der Waals surface area (Å²) in [5, 5.41) is 8.88. The Bertz CT molecular complexity index is 277. The summed E-state index contributed by atoms with van der Waals surface area (Å²) in [5.74, 6) is -0.736. The molecule has 1 heterocycles. The molecule has 4 nitrogen and oxygen atoms in total. The van der Waals surface area contributed by atoms with E-state index in [-0.39, 0.29) is 12.5 Å². The monoisotopic (exact) mass is 225 g/mol. The summed E-state index contributed by atoms with van der Waals surface area (Å²) in [6.45, 7) is 2.13. The van der Waals surface area contributed by atoms with Gasteiger partial charge in [0.25, 0.3) is 0 Å². The van der Waals surface area contributed by atoms with Crippen molar-refractivity contribution in [1.29, 1.82) is 0 Å². The molecule has 0 bridgehead atoms. The van der Waals surface area contributed by atoms with Gasteiger partial charge in [-0.1, -0.05) is 12.2 Å². The highest BCUT2D eigenvalue weighted by Crippen LogP contribution is 2.22. The van der Waals surface area contributed by atoms with Crippen LogP contribution in [-0.2, 0) is 9.53 Å². The summed E-state index contributed by atoms with van der Waals surface area (Å²) in [6.07, 6.45) is 8.13. The second-order valence-corrected chi connectivity index (χ2v) is 4.49. The van der Waals surface area contributed by atoms with Crippen molar-refractivity contribution in [3.8, 4) is 0 Å². The SMILES string of the molecule is O=C(O)CC1COCCN1C1C=CCCC1. The molecule has 0 aromatic heterocycles. The van der Waals surface area contributed by atoms with Gasteiger partial charge in [0.15, 0.2) is 0 Å². The summed E-state index contributed by atoms with van der Waals surface area (Å²) in [4.78, 5) is 13.1. The lowest BCUT2D eigenvalue weighted by Crippen LogP contribution is -2.51. The molecule has 1 aliphatic heterocycles. The predicted molar refractivity (Wildman–Crippen MR) is 60.3 cm³/mol. The second kappa shape index (κ2) is 5.46. The van der Waals surface area contributed by atoms with Crippen molar-refractivity contribution in [3.63, 3.8) is 0 Å². The number of ether oxygens (including phenoxy) is 1. The molecule has 0 radical (unpaired) electrons. The van der Waals surface area contributed by atoms with Gasteiger partial charge in [-0.05, 0) is 19.3 Å². The molecule has 2 aliphatic rings. The van der Waals surface area contributed by atoms with Crippen LogP contribution in [0.3, 0.4) is 0 Å². The molecule has 90 valence electrons. The lowest BCUT2D eigenvalue weighted by Gasteiger charge is -2.40. The van der Waals surface area contributed by atoms with Gasteiger partial charge < -0.3 is 9.84 Å². The molecule has 2 unspecified atom stereocenters. The van der Waals surface area contributed by atoms with Crippen molar-refractivity contribution in [1.82, 2.24) is 4.90 Å². The van der Waals surface area contributed by atoms with Crippen molar-refractivity contribution in [2.45, 2.75) is 37.8 Å². The maximum absolute atomic E-state index is 10.8. The Hall–Kier alpha value is -0.870. The van der Waals surface area contributed by atoms with Gasteiger partial charge in [0, 0.05) is 18.6 Å². The maximum Gasteiger partial charge on any atom is 0.305 e. The van der Waals surface area contributed by atoms with E-state index in [4.69, 9.17) is 9.84 Å². The van der Waals surface area contributed by atoms with Gasteiger partial charge in [-0.2, -0.15) is 0 Å². The molecule has 1 N–H and O–H groups in total. The zero-order valence-corrected chi connectivity index (χ0v) is 9.47. The van der Waals surface area contributed by atoms with Crippen LogP contribution in [0.4, 0.5) is 0 Å². The van der Waals surface area contributed by atoms with Crippen LogP contribution in [0.2, 0.25) is 0 Å². The van der Waals surface area contributed by atoms with Crippen LogP contribution in [0.15, 0.2) is 12.2 Å². The van der Waals surface area contributed by atoms with Crippen LogP contribution < -0.4 is 0 Å². The second-order valence-electron chi connectivity index (χ2n) is 4.49. The molecule has 0 aromatic rings. The number of carboxylic acid groups (broad SMARTS) is 1. The molecular weight excluding hydrogens is 206 g/mol. The smallest absolute Gasteiger partial charge is 0.305 e. The Morgan fingerprint density at radius 3 is 3.12 bits per heavy atom. The fourth-order valence-electron chi connectivity index (χ4n) is 2.55. The first-order valence-corrected chi connectivity index (χ1v) is 5.99. The lowest BCUT2D eigenvalue weighted by molar-refractivity contribution is -0.140. The van der Waals surface area contributed by atoms with Crippen molar-refractivity contribution in [3.05, 3.63) is 12.2 Å². The van der Waals surface area contributed by atoms with E-state index in [1.165, 1.54) is 6.42 Å². The van der Waals surface area contributed by atoms with Crippen molar-refractivity contribution in [2.75, 3.05) is 19.8 Å². The average Bonchev–Trinajstić information content (AvgIpc) is 2.30. The largest absolute Gasteiger partial charge is 0.481 e. The highest BCUT2D eigenvalue weighted by Gasteiger charge is 2.30. The highest BCUT2D eigenvalue weighted by molar-refractivity contribution is 5.67. The lowest BCUT2D eigenvalue weighted by atomic mass is 9.98. The highest BCUT2D eigenvalue weighted by atomic mass is 16.5. The Labute approximate surface area is 95.9 Å². The quantitative estimate of drug-likeness (QED) is 0.735. The van der Waals surface area contributed by atoms with Crippen molar-refractivity contribution >= 4 is 5.97 Å². The third-order valence-corrected chi connectivity index (χ3v) is 3.34. The Morgan fingerprint density at radius 2 is 2.44 bits per heavy atom. The number of hydrogen-bond donors (Lipinski definition) is 1. The zero-order valence-electron chi connectivity index (χ0n) is 9.47. The summed E-state index contributed by atoms with van der Waals surface area (Å²) < 4.78 is 5.37. The van der Waals surface area contributed by atoms with E-state index in [0.29, 0.717) is 12.6 Å². The van der Waals surface area contributed by atoms with E-state index >= 15 is 0 Å². The van der Waals surface area contributed by atoms with Crippen molar-refractivity contribution in [2.24, 2.45) is 0 Å². The van der Waals surface area contributed by atoms with E-state index in [2.05, 4.69) is 17.1 Å². The summed E-state index contributed by atoms with van der Waals surface area (Å²) in [5.41, 5.74) is 0. The molecule has 0 aromatic carbocycles. The number of nitrogens with zero attached hydrogens (tertiary/aromatic N) is 1. The van der Waals surface area contributed by atoms with Crippen molar-refractivity contribution < 1.29 is 14.6 Å². The molecule has 2 atom stereocenters. The number of aliphatic carboxylic acids is 1. The van der Waals surface area contributed by atoms with Gasteiger partial charge in [0.05, 0.1) is 19.6 Å². The predicted octanol–water partition coefficient (Wildman–Crippen LogP) is 1.27. The third-order valence-electron chi connectivity index (χ3n) is 3.34. The van der Waals surface area contributed by atoms with Gasteiger partial charge >= 0.3 is 5.97 Å². The fourth-order valence-corrected chi connectivity index (χ4v) is 2.55. The third kappa shape index (κ3) is 2.83. The number of hydrogen-bond acceptors (Lipinski definition) is 3. The van der Waals surface area contributed by atoms with Gasteiger partial charge in [0.2, 0.25) is 0 Å². The molecule has 1 aliphatic carbocycles. The van der Waals surface area contributed by atoms with Crippen LogP contribution in [0, 0.1) is 0 Å². The molecule has 16 heavy (non-hydrogen) atoms. The van der Waals surface area contributed by atoms with Crippen LogP contribution >= 0.6 is 0 Å². The van der Waals surface area contributed by atoms with E-state index in [1.54, 1.807) is 0 Å². The van der Waals surface area contributed by atoms with Crippen LogP contribution in [0.1, 0.15) is 25.7 Å². The molecule has 1 saturated heterocycles. The molecule has 2 rings (SSSR count). The number of morpholine rings is 1. The van der Waals surface area contributed by atoms with Gasteiger partial charge in [-0.15, -0.1) is 0 Å². The number of rotatable bonds is 3. The molecule has 0 spiro atoms. The Balaban J connectivity index is 2.00. The van der Waals surface area contributed by atoms with Crippen LogP contribution in [0.25, 0.3) is 0 Å². The minimum absolute atomic E-state index is 0.0407. The average molecular weight is 225 g/mol. The van der Waals surface area contributed by atoms with Gasteiger partial charge in [-0.3, -0.25) is 9.69 Å². The van der Waals surface area contributed by atoms with Crippen LogP contribution in [0.5, 0.6) is 0 Å². The molecule has 4 heteroatoms. The Morgan fingerprint density at radius 1 is 1.56 bits per heavy atom. The van der Waals surface area contributed by atoms with Crippen LogP contribution in [-0.4, -0.2) is 47.8 Å². The first-order valence-electron chi connectivity index (χ1n) is 5.99. The zero-order chi connectivity index (χ0) is 11.4. The van der Waals surface area contributed by atoms with E-state index in [1.807, 2.05) is 0 Å². The van der Waals surface area contributed by atoms with E-state index < -0.39 is 5.97 Å². The van der Waals surface area contributed by atoms with Gasteiger partial charge in [0.1, 0.15) is 0 Å². The maximum atomic E-state index is 10.8. The molecule has 0 saturated carbocycles. The summed E-state index contributed by atoms with van der Waals surface area (Å²) >= 11 is 0. The Kier molecular flexibility index (Phi) is 3.96. The topological polar surface area (TPSA) is 49.8 Å². The first-order chi connectivity index (χ1) is 7.77. The van der Waals surface area contributed by atoms with E-state index in [9.17, 15) is 4.79 Å². The first kappa shape index (κ1) is 11.6. The molecule has 0 amide bonds. The van der Waals surface area contributed by atoms with E-state index in [0.717, 1.165) is 26.0 Å². The van der Waals surface area contributed by atoms with Gasteiger partial charge in [-0.25, -0.2) is 0 Å². The minimum Gasteiger partial charge on any atom is -0.481 e. The molecule has 1 fully saturated rings. The normalized spacial score (nSPS) is 31.5. The number of allylic oxidation sites excluding steroid dienone is 1.